The zero-order valence-electron chi connectivity index (χ0n) is 18.5. The number of methoxy groups -OCH3 is 1. The van der Waals surface area contributed by atoms with Crippen molar-refractivity contribution >= 4 is 35.3 Å². The Balaban J connectivity index is 1.63. The van der Waals surface area contributed by atoms with Gasteiger partial charge in [0.25, 0.3) is 5.91 Å². The monoisotopic (exact) mass is 486 g/mol. The van der Waals surface area contributed by atoms with Crippen molar-refractivity contribution in [3.8, 4) is 17.2 Å². The molecule has 0 unspecified atom stereocenters. The van der Waals surface area contributed by atoms with Crippen molar-refractivity contribution in [2.75, 3.05) is 7.11 Å². The highest BCUT2D eigenvalue weighted by molar-refractivity contribution is 6.30. The molecule has 0 spiro atoms. The van der Waals surface area contributed by atoms with Crippen molar-refractivity contribution in [1.82, 2.24) is 5.43 Å². The number of halogens is 2. The minimum atomic E-state index is -1.14. The number of rotatable bonds is 9. The molecule has 0 saturated carbocycles. The number of hydrogen-bond acceptors (Lipinski definition) is 5. The summed E-state index contributed by atoms with van der Waals surface area (Å²) in [5.41, 5.74) is 2.96. The van der Waals surface area contributed by atoms with Crippen LogP contribution >= 0.6 is 23.2 Å². The molecule has 8 heteroatoms. The number of hydrogen-bond donors (Lipinski definition) is 1. The number of hydrazone groups is 1. The van der Waals surface area contributed by atoms with Gasteiger partial charge < -0.3 is 14.2 Å². The van der Waals surface area contributed by atoms with Crippen LogP contribution in [0.15, 0.2) is 71.8 Å². The molecule has 172 valence electrons. The molecule has 33 heavy (non-hydrogen) atoms. The number of amides is 1. The van der Waals surface area contributed by atoms with E-state index in [2.05, 4.69) is 10.5 Å². The van der Waals surface area contributed by atoms with Crippen LogP contribution in [0.25, 0.3) is 0 Å². The Morgan fingerprint density at radius 3 is 2.45 bits per heavy atom. The van der Waals surface area contributed by atoms with Crippen molar-refractivity contribution in [1.29, 1.82) is 0 Å². The summed E-state index contributed by atoms with van der Waals surface area (Å²) >= 11 is 11.9. The van der Waals surface area contributed by atoms with Crippen molar-refractivity contribution in [3.63, 3.8) is 0 Å². The van der Waals surface area contributed by atoms with Gasteiger partial charge in [-0.15, -0.1) is 0 Å². The molecule has 0 aliphatic heterocycles. The highest BCUT2D eigenvalue weighted by Gasteiger charge is 2.29. The molecule has 0 aliphatic carbocycles. The molecule has 3 aromatic rings. The van der Waals surface area contributed by atoms with Gasteiger partial charge in [0.1, 0.15) is 23.9 Å². The lowest BCUT2D eigenvalue weighted by molar-refractivity contribution is -0.134. The summed E-state index contributed by atoms with van der Waals surface area (Å²) in [7, 11) is 1.59. The smallest absolute Gasteiger partial charge is 0.283 e. The van der Waals surface area contributed by atoms with Crippen molar-refractivity contribution in [2.45, 2.75) is 26.1 Å². The predicted octanol–water partition coefficient (Wildman–Crippen LogP) is 5.89. The van der Waals surface area contributed by atoms with Gasteiger partial charge in [-0.25, -0.2) is 5.43 Å². The zero-order valence-corrected chi connectivity index (χ0v) is 20.0. The van der Waals surface area contributed by atoms with Crippen LogP contribution in [0.2, 0.25) is 10.0 Å². The van der Waals surface area contributed by atoms with Gasteiger partial charge in [0.05, 0.1) is 13.3 Å². The molecule has 0 heterocycles. The number of benzene rings is 3. The summed E-state index contributed by atoms with van der Waals surface area (Å²) in [5, 5.41) is 5.25. The van der Waals surface area contributed by atoms with Crippen LogP contribution in [0.1, 0.15) is 25.0 Å². The third-order valence-corrected chi connectivity index (χ3v) is 5.10. The molecule has 1 N–H and O–H groups in total. The molecule has 3 rings (SSSR count). The predicted molar refractivity (Wildman–Crippen MR) is 131 cm³/mol. The fourth-order valence-corrected chi connectivity index (χ4v) is 3.16. The molecule has 0 aliphatic rings. The molecule has 0 atom stereocenters. The lowest BCUT2D eigenvalue weighted by Gasteiger charge is -2.24. The minimum Gasteiger partial charge on any atom is -0.496 e. The van der Waals surface area contributed by atoms with E-state index in [0.29, 0.717) is 27.3 Å². The van der Waals surface area contributed by atoms with Crippen LogP contribution in [0, 0.1) is 0 Å². The molecule has 0 aromatic heterocycles. The van der Waals surface area contributed by atoms with Crippen molar-refractivity contribution in [3.05, 3.63) is 87.9 Å². The van der Waals surface area contributed by atoms with Gasteiger partial charge in [0.15, 0.2) is 5.60 Å². The molecule has 3 aromatic carbocycles. The maximum atomic E-state index is 12.6. The average molecular weight is 487 g/mol. The SMILES string of the molecule is COc1ccc(C=NNC(=O)C(C)(C)Oc2ccc(Cl)cc2)cc1COc1cccc(Cl)c1. The van der Waals surface area contributed by atoms with E-state index in [-0.39, 0.29) is 6.61 Å². The maximum Gasteiger partial charge on any atom is 0.283 e. The molecule has 0 bridgehead atoms. The van der Waals surface area contributed by atoms with Gasteiger partial charge >= 0.3 is 0 Å². The summed E-state index contributed by atoms with van der Waals surface area (Å²) in [4.78, 5) is 12.6. The van der Waals surface area contributed by atoms with Crippen LogP contribution < -0.4 is 19.6 Å². The van der Waals surface area contributed by atoms with E-state index in [1.54, 1.807) is 63.6 Å². The normalized spacial score (nSPS) is 11.3. The third-order valence-electron chi connectivity index (χ3n) is 4.61. The van der Waals surface area contributed by atoms with Gasteiger partial charge in [-0.1, -0.05) is 29.3 Å². The summed E-state index contributed by atoms with van der Waals surface area (Å²) in [6.07, 6.45) is 1.54. The van der Waals surface area contributed by atoms with E-state index in [1.165, 1.54) is 0 Å². The Morgan fingerprint density at radius 1 is 1.00 bits per heavy atom. The Hall–Kier alpha value is -3.22. The number of nitrogens with zero attached hydrogens (tertiary/aromatic N) is 1. The first-order valence-corrected chi connectivity index (χ1v) is 10.9. The second kappa shape index (κ2) is 11.1. The van der Waals surface area contributed by atoms with Gasteiger partial charge in [-0.2, -0.15) is 5.10 Å². The molecule has 6 nitrogen and oxygen atoms in total. The molecular formula is C25H24Cl2N2O4. The second-order valence-corrected chi connectivity index (χ2v) is 8.46. The number of carbonyl (C=O) groups is 1. The summed E-state index contributed by atoms with van der Waals surface area (Å²) < 4.78 is 17.0. The van der Waals surface area contributed by atoms with Crippen LogP contribution in [0.3, 0.4) is 0 Å². The van der Waals surface area contributed by atoms with E-state index in [4.69, 9.17) is 37.4 Å². The van der Waals surface area contributed by atoms with Crippen LogP contribution in [0.4, 0.5) is 0 Å². The average Bonchev–Trinajstić information content (AvgIpc) is 2.79. The molecule has 0 radical (unpaired) electrons. The van der Waals surface area contributed by atoms with Gasteiger partial charge in [0.2, 0.25) is 0 Å². The lowest BCUT2D eigenvalue weighted by Crippen LogP contribution is -2.44. The van der Waals surface area contributed by atoms with E-state index in [9.17, 15) is 4.79 Å². The summed E-state index contributed by atoms with van der Waals surface area (Å²) in [5.74, 6) is 1.46. The quantitative estimate of drug-likeness (QED) is 0.302. The molecular weight excluding hydrogens is 463 g/mol. The molecule has 0 saturated heterocycles. The topological polar surface area (TPSA) is 69.2 Å². The minimum absolute atomic E-state index is 0.277. The Bertz CT molecular complexity index is 1130. The highest BCUT2D eigenvalue weighted by Crippen LogP contribution is 2.24. The van der Waals surface area contributed by atoms with Gasteiger partial charge in [-0.3, -0.25) is 4.79 Å². The molecule has 0 fully saturated rings. The standard InChI is InChI=1S/C25H24Cl2N2O4/c1-25(2,33-21-10-8-19(26)9-11-21)24(30)29-28-15-17-7-12-23(31-3)18(13-17)16-32-22-6-4-5-20(27)14-22/h4-15H,16H2,1-3H3,(H,29,30). The Kier molecular flexibility index (Phi) is 8.20. The fraction of sp³-hybridized carbons (Fsp3) is 0.200. The number of carbonyl (C=O) groups excluding carboxylic acids is 1. The largest absolute Gasteiger partial charge is 0.496 e. The maximum absolute atomic E-state index is 12.6. The first kappa shape index (κ1) is 24.4. The van der Waals surface area contributed by atoms with Crippen LogP contribution in [0.5, 0.6) is 17.2 Å². The summed E-state index contributed by atoms with van der Waals surface area (Å²) in [6.45, 7) is 3.59. The summed E-state index contributed by atoms with van der Waals surface area (Å²) in [6, 6.07) is 19.5. The highest BCUT2D eigenvalue weighted by atomic mass is 35.5. The zero-order chi connectivity index (χ0) is 23.8. The first-order valence-electron chi connectivity index (χ1n) is 10.1. The lowest BCUT2D eigenvalue weighted by atomic mass is 10.1. The van der Waals surface area contributed by atoms with E-state index < -0.39 is 11.5 Å². The van der Waals surface area contributed by atoms with Crippen LogP contribution in [-0.2, 0) is 11.4 Å². The van der Waals surface area contributed by atoms with E-state index in [1.807, 2.05) is 30.3 Å². The first-order chi connectivity index (χ1) is 15.8. The number of nitrogens with one attached hydrogen (secondary N) is 1. The number of ether oxygens (including phenoxy) is 3. The molecule has 1 amide bonds. The van der Waals surface area contributed by atoms with Crippen LogP contribution in [-0.4, -0.2) is 24.8 Å². The van der Waals surface area contributed by atoms with Gasteiger partial charge in [0, 0.05) is 15.6 Å². The van der Waals surface area contributed by atoms with E-state index in [0.717, 1.165) is 11.1 Å². The Morgan fingerprint density at radius 2 is 1.76 bits per heavy atom. The van der Waals surface area contributed by atoms with Crippen molar-refractivity contribution in [2.24, 2.45) is 5.10 Å². The van der Waals surface area contributed by atoms with Gasteiger partial charge in [-0.05, 0) is 80.1 Å². The van der Waals surface area contributed by atoms with E-state index >= 15 is 0 Å². The Labute approximate surface area is 203 Å². The van der Waals surface area contributed by atoms with Crippen molar-refractivity contribution < 1.29 is 19.0 Å². The second-order valence-electron chi connectivity index (χ2n) is 7.58. The fourth-order valence-electron chi connectivity index (χ4n) is 2.85. The third kappa shape index (κ3) is 7.14.